The van der Waals surface area contributed by atoms with Crippen LogP contribution in [0.4, 0.5) is 0 Å². The fourth-order valence-corrected chi connectivity index (χ4v) is 2.09. The van der Waals surface area contributed by atoms with Crippen LogP contribution in [0.2, 0.25) is 0 Å². The van der Waals surface area contributed by atoms with Gasteiger partial charge in [-0.15, -0.1) is 0 Å². The van der Waals surface area contributed by atoms with E-state index in [2.05, 4.69) is 0 Å². The summed E-state index contributed by atoms with van der Waals surface area (Å²) < 4.78 is 0. The van der Waals surface area contributed by atoms with Gasteiger partial charge in [0.1, 0.15) is 0 Å². The first-order valence-electron chi connectivity index (χ1n) is 3.14. The highest BCUT2D eigenvalue weighted by Gasteiger charge is 1.86. The standard InChI is InChI=1S/C8H8S3/c9-11(10)7-5-3-1-2-4-6-8-11/h1-8H. The predicted molar refractivity (Wildman–Crippen MR) is 58.7 cm³/mol. The minimum Gasteiger partial charge on any atom is -0.0622 e. The van der Waals surface area contributed by atoms with Crippen molar-refractivity contribution in [1.82, 2.24) is 0 Å². The molecule has 0 nitrogen and oxygen atoms in total. The van der Waals surface area contributed by atoms with Crippen LogP contribution in [0.3, 0.4) is 0 Å². The highest BCUT2D eigenvalue weighted by molar-refractivity contribution is 8.59. The smallest absolute Gasteiger partial charge is 0.0167 e. The molecule has 1 aliphatic rings. The Morgan fingerprint density at radius 3 is 1.45 bits per heavy atom. The van der Waals surface area contributed by atoms with Gasteiger partial charge in [-0.05, 0) is 40.3 Å². The molecule has 0 fully saturated rings. The number of hydrogen-bond donors (Lipinski definition) is 0. The van der Waals surface area contributed by atoms with Gasteiger partial charge in [0.15, 0.2) is 0 Å². The molecule has 0 N–H and O–H groups in total. The fraction of sp³-hybridized carbons (Fsp3) is 0. The van der Waals surface area contributed by atoms with Crippen molar-refractivity contribution in [2.45, 2.75) is 0 Å². The third-order valence-corrected chi connectivity index (χ3v) is 3.50. The van der Waals surface area contributed by atoms with Crippen molar-refractivity contribution >= 4 is 29.5 Å². The zero-order valence-electron chi connectivity index (χ0n) is 5.84. The van der Waals surface area contributed by atoms with Gasteiger partial charge in [-0.1, -0.05) is 36.5 Å². The van der Waals surface area contributed by atoms with E-state index in [1.165, 1.54) is 0 Å². The van der Waals surface area contributed by atoms with E-state index >= 15 is 0 Å². The van der Waals surface area contributed by atoms with E-state index in [-0.39, 0.29) is 0 Å². The van der Waals surface area contributed by atoms with E-state index in [1.807, 2.05) is 47.3 Å². The lowest BCUT2D eigenvalue weighted by atomic mass is 10.4. The molecule has 0 aromatic heterocycles. The molecule has 1 rings (SSSR count). The zero-order chi connectivity index (χ0) is 8.16. The van der Waals surface area contributed by atoms with Crippen molar-refractivity contribution in [3.05, 3.63) is 47.3 Å². The van der Waals surface area contributed by atoms with Crippen molar-refractivity contribution < 1.29 is 0 Å². The maximum absolute atomic E-state index is 5.16. The average Bonchev–Trinajstić information content (AvgIpc) is 2.00. The van der Waals surface area contributed by atoms with E-state index in [4.69, 9.17) is 22.4 Å². The Bertz CT molecular complexity index is 298. The summed E-state index contributed by atoms with van der Waals surface area (Å²) in [5.41, 5.74) is 0. The van der Waals surface area contributed by atoms with E-state index in [9.17, 15) is 0 Å². The lowest BCUT2D eigenvalue weighted by Gasteiger charge is -1.91. The Morgan fingerprint density at radius 2 is 1.00 bits per heavy atom. The van der Waals surface area contributed by atoms with Crippen LogP contribution in [0.5, 0.6) is 0 Å². The summed E-state index contributed by atoms with van der Waals surface area (Å²) >= 11 is 10.3. The molecular formula is C8H8S3. The molecule has 58 valence electrons. The second-order valence-electron chi connectivity index (χ2n) is 2.02. The van der Waals surface area contributed by atoms with Crippen molar-refractivity contribution in [2.24, 2.45) is 0 Å². The van der Waals surface area contributed by atoms with Crippen LogP contribution in [-0.2, 0) is 29.5 Å². The van der Waals surface area contributed by atoms with Crippen molar-refractivity contribution in [1.29, 1.82) is 0 Å². The maximum atomic E-state index is 5.16. The Hall–Kier alpha value is -0.250. The molecule has 0 radical (unpaired) electrons. The second-order valence-corrected chi connectivity index (χ2v) is 7.68. The number of rotatable bonds is 0. The molecule has 0 unspecified atom stereocenters. The Morgan fingerprint density at radius 1 is 0.636 bits per heavy atom. The third kappa shape index (κ3) is 3.60. The molecular weight excluding hydrogens is 192 g/mol. The highest BCUT2D eigenvalue weighted by Crippen LogP contribution is 1.99. The van der Waals surface area contributed by atoms with Crippen LogP contribution in [0.1, 0.15) is 0 Å². The SMILES string of the molecule is S=S1(=S)C=CC=CC=CC=C1. The van der Waals surface area contributed by atoms with E-state index in [0.29, 0.717) is 0 Å². The molecule has 0 bridgehead atoms. The van der Waals surface area contributed by atoms with Gasteiger partial charge in [-0.25, -0.2) is 0 Å². The van der Waals surface area contributed by atoms with Crippen LogP contribution >= 0.6 is 0 Å². The number of allylic oxidation sites excluding steroid dienone is 6. The summed E-state index contributed by atoms with van der Waals surface area (Å²) in [6, 6.07) is 0. The molecule has 3 heteroatoms. The Kier molecular flexibility index (Phi) is 3.17. The summed E-state index contributed by atoms with van der Waals surface area (Å²) in [6.07, 6.45) is 11.6. The van der Waals surface area contributed by atoms with Gasteiger partial charge >= 0.3 is 0 Å². The second kappa shape index (κ2) is 3.95. The molecule has 0 aromatic rings. The van der Waals surface area contributed by atoms with Crippen molar-refractivity contribution in [3.8, 4) is 0 Å². The lowest BCUT2D eigenvalue weighted by Crippen LogP contribution is -1.80. The van der Waals surface area contributed by atoms with Gasteiger partial charge in [0.2, 0.25) is 0 Å². The third-order valence-electron chi connectivity index (χ3n) is 1.09. The first kappa shape index (κ1) is 8.84. The molecule has 0 aliphatic carbocycles. The molecule has 0 aromatic carbocycles. The molecule has 0 saturated carbocycles. The molecule has 11 heavy (non-hydrogen) atoms. The first-order valence-corrected chi connectivity index (χ1v) is 6.75. The van der Waals surface area contributed by atoms with Gasteiger partial charge < -0.3 is 0 Å². The Labute approximate surface area is 76.8 Å². The minimum atomic E-state index is -1.46. The molecule has 0 saturated heterocycles. The molecule has 1 aliphatic heterocycles. The maximum Gasteiger partial charge on any atom is -0.0167 e. The summed E-state index contributed by atoms with van der Waals surface area (Å²) in [5, 5.41) is 3.80. The van der Waals surface area contributed by atoms with Gasteiger partial charge in [0.25, 0.3) is 0 Å². The quantitative estimate of drug-likeness (QED) is 0.588. The fourth-order valence-electron chi connectivity index (χ4n) is 0.612. The summed E-state index contributed by atoms with van der Waals surface area (Å²) in [4.78, 5) is 0. The molecule has 0 spiro atoms. The van der Waals surface area contributed by atoms with Gasteiger partial charge in [0, 0.05) is 0 Å². The first-order chi connectivity index (χ1) is 5.21. The summed E-state index contributed by atoms with van der Waals surface area (Å²) in [5.74, 6) is 0. The monoisotopic (exact) mass is 200 g/mol. The van der Waals surface area contributed by atoms with E-state index in [1.54, 1.807) is 0 Å². The van der Waals surface area contributed by atoms with Gasteiger partial charge in [-0.3, -0.25) is 0 Å². The van der Waals surface area contributed by atoms with Crippen LogP contribution < -0.4 is 0 Å². The van der Waals surface area contributed by atoms with Gasteiger partial charge in [-0.2, -0.15) is 0 Å². The van der Waals surface area contributed by atoms with Crippen LogP contribution in [0, 0.1) is 0 Å². The van der Waals surface area contributed by atoms with Crippen LogP contribution in [0.25, 0.3) is 0 Å². The average molecular weight is 200 g/mol. The topological polar surface area (TPSA) is 0 Å². The minimum absolute atomic E-state index is 1.46. The van der Waals surface area contributed by atoms with E-state index < -0.39 is 7.15 Å². The summed E-state index contributed by atoms with van der Waals surface area (Å²) in [7, 11) is -1.46. The molecule has 0 atom stereocenters. The van der Waals surface area contributed by atoms with Crippen LogP contribution in [-0.4, -0.2) is 0 Å². The lowest BCUT2D eigenvalue weighted by molar-refractivity contribution is 1.91. The summed E-state index contributed by atoms with van der Waals surface area (Å²) in [6.45, 7) is 0. The highest BCUT2D eigenvalue weighted by atomic mass is 33.1. The Balaban J connectivity index is 3.05. The van der Waals surface area contributed by atoms with Gasteiger partial charge in [0.05, 0.1) is 0 Å². The number of hydrogen-bond acceptors (Lipinski definition) is 2. The van der Waals surface area contributed by atoms with Crippen molar-refractivity contribution in [3.63, 3.8) is 0 Å². The largest absolute Gasteiger partial charge is 0.0622 e. The molecule has 0 amide bonds. The normalized spacial score (nSPS) is 20.7. The van der Waals surface area contributed by atoms with Crippen molar-refractivity contribution in [2.75, 3.05) is 0 Å². The van der Waals surface area contributed by atoms with E-state index in [0.717, 1.165) is 0 Å². The van der Waals surface area contributed by atoms with Crippen LogP contribution in [0.15, 0.2) is 47.3 Å². The predicted octanol–water partition coefficient (Wildman–Crippen LogP) is 2.22. The zero-order valence-corrected chi connectivity index (χ0v) is 8.29. The molecule has 1 heterocycles.